The molecule has 1 aromatic rings. The Morgan fingerprint density at radius 2 is 2.27 bits per heavy atom. The van der Waals surface area contributed by atoms with E-state index < -0.39 is 11.6 Å². The first-order valence-electron chi connectivity index (χ1n) is 7.19. The number of ether oxygens (including phenoxy) is 1. The smallest absolute Gasteiger partial charge is 0.310 e. The zero-order valence-electron chi connectivity index (χ0n) is 12.3. The van der Waals surface area contributed by atoms with Crippen molar-refractivity contribution in [2.45, 2.75) is 19.8 Å². The number of thiocarbonyl (C=S) groups is 1. The van der Waals surface area contributed by atoms with E-state index in [9.17, 15) is 13.6 Å². The Morgan fingerprint density at radius 1 is 1.50 bits per heavy atom. The maximum Gasteiger partial charge on any atom is 0.310 e. The zero-order valence-corrected chi connectivity index (χ0v) is 13.1. The molecule has 1 aliphatic rings. The van der Waals surface area contributed by atoms with Crippen molar-refractivity contribution in [3.63, 3.8) is 0 Å². The number of esters is 1. The van der Waals surface area contributed by atoms with Gasteiger partial charge in [0.2, 0.25) is 0 Å². The molecule has 1 saturated heterocycles. The molecule has 0 saturated carbocycles. The summed E-state index contributed by atoms with van der Waals surface area (Å²) in [5.74, 6) is -1.81. The highest BCUT2D eigenvalue weighted by Gasteiger charge is 2.28. The third-order valence-electron chi connectivity index (χ3n) is 3.50. The summed E-state index contributed by atoms with van der Waals surface area (Å²) in [5, 5.41) is 3.08. The van der Waals surface area contributed by atoms with Gasteiger partial charge in [0.1, 0.15) is 11.6 Å². The first kappa shape index (κ1) is 16.6. The van der Waals surface area contributed by atoms with Crippen LogP contribution in [0.4, 0.5) is 14.5 Å². The molecule has 0 aromatic heterocycles. The standard InChI is InChI=1S/C15H18F2N2O2S/c1-2-21-14(20)10-4-3-7-19(9-10)15(22)18-13-6-5-11(16)8-12(13)17/h5-6,8,10H,2-4,7,9H2,1H3,(H,18,22). The van der Waals surface area contributed by atoms with E-state index in [2.05, 4.69) is 5.32 Å². The van der Waals surface area contributed by atoms with Gasteiger partial charge in [0.15, 0.2) is 5.11 Å². The summed E-state index contributed by atoms with van der Waals surface area (Å²) in [6.07, 6.45) is 1.56. The van der Waals surface area contributed by atoms with Crippen molar-refractivity contribution in [3.05, 3.63) is 29.8 Å². The monoisotopic (exact) mass is 328 g/mol. The number of hydrogen-bond donors (Lipinski definition) is 1. The molecule has 0 spiro atoms. The van der Waals surface area contributed by atoms with Crippen molar-refractivity contribution in [1.82, 2.24) is 4.90 Å². The van der Waals surface area contributed by atoms with Gasteiger partial charge in [0.05, 0.1) is 18.2 Å². The Labute approximate surface area is 133 Å². The summed E-state index contributed by atoms with van der Waals surface area (Å²) in [7, 11) is 0. The summed E-state index contributed by atoms with van der Waals surface area (Å²) in [5.41, 5.74) is 0.115. The van der Waals surface area contributed by atoms with E-state index in [4.69, 9.17) is 17.0 Å². The molecule has 1 unspecified atom stereocenters. The Balaban J connectivity index is 1.98. The number of likely N-dealkylation sites (tertiary alicyclic amines) is 1. The van der Waals surface area contributed by atoms with Crippen LogP contribution >= 0.6 is 12.2 Å². The molecule has 7 heteroatoms. The maximum atomic E-state index is 13.6. The predicted molar refractivity (Wildman–Crippen MR) is 83.5 cm³/mol. The lowest BCUT2D eigenvalue weighted by atomic mass is 9.98. The average Bonchev–Trinajstić information content (AvgIpc) is 2.50. The summed E-state index contributed by atoms with van der Waals surface area (Å²) >= 11 is 5.25. The zero-order chi connectivity index (χ0) is 16.1. The number of rotatable bonds is 3. The van der Waals surface area contributed by atoms with Crippen molar-refractivity contribution < 1.29 is 18.3 Å². The van der Waals surface area contributed by atoms with E-state index in [0.717, 1.165) is 25.0 Å². The van der Waals surface area contributed by atoms with E-state index >= 15 is 0 Å². The van der Waals surface area contributed by atoms with Gasteiger partial charge in [0, 0.05) is 19.2 Å². The molecule has 1 aromatic carbocycles. The minimum atomic E-state index is -0.707. The van der Waals surface area contributed by atoms with Crippen LogP contribution in [-0.4, -0.2) is 35.7 Å². The van der Waals surface area contributed by atoms with Gasteiger partial charge in [-0.15, -0.1) is 0 Å². The lowest BCUT2D eigenvalue weighted by Gasteiger charge is -2.33. The Morgan fingerprint density at radius 3 is 2.95 bits per heavy atom. The van der Waals surface area contributed by atoms with Crippen LogP contribution in [0.2, 0.25) is 0 Å². The van der Waals surface area contributed by atoms with Crippen LogP contribution in [0.15, 0.2) is 18.2 Å². The van der Waals surface area contributed by atoms with Crippen molar-refractivity contribution in [2.75, 3.05) is 25.0 Å². The normalized spacial score (nSPS) is 18.0. The lowest BCUT2D eigenvalue weighted by Crippen LogP contribution is -2.44. The van der Waals surface area contributed by atoms with Gasteiger partial charge >= 0.3 is 5.97 Å². The van der Waals surface area contributed by atoms with Crippen molar-refractivity contribution in [3.8, 4) is 0 Å². The van der Waals surface area contributed by atoms with Gasteiger partial charge < -0.3 is 15.0 Å². The number of hydrogen-bond acceptors (Lipinski definition) is 3. The molecule has 120 valence electrons. The van der Waals surface area contributed by atoms with E-state index in [1.165, 1.54) is 6.07 Å². The molecule has 1 fully saturated rings. The molecule has 4 nitrogen and oxygen atoms in total. The van der Waals surface area contributed by atoms with Crippen LogP contribution in [0.5, 0.6) is 0 Å². The third kappa shape index (κ3) is 4.13. The molecular weight excluding hydrogens is 310 g/mol. The maximum absolute atomic E-state index is 13.6. The van der Waals surface area contributed by atoms with Crippen molar-refractivity contribution in [1.29, 1.82) is 0 Å². The van der Waals surface area contributed by atoms with Crippen LogP contribution in [0, 0.1) is 17.6 Å². The number of halogens is 2. The molecule has 1 N–H and O–H groups in total. The fourth-order valence-electron chi connectivity index (χ4n) is 2.40. The van der Waals surface area contributed by atoms with E-state index in [1.807, 2.05) is 4.90 Å². The summed E-state index contributed by atoms with van der Waals surface area (Å²) < 4.78 is 31.5. The third-order valence-corrected chi connectivity index (χ3v) is 3.86. The Kier molecular flexibility index (Phi) is 5.65. The molecule has 22 heavy (non-hydrogen) atoms. The quantitative estimate of drug-likeness (QED) is 0.682. The van der Waals surface area contributed by atoms with Crippen LogP contribution in [0.1, 0.15) is 19.8 Å². The number of carbonyl (C=O) groups is 1. The van der Waals surface area contributed by atoms with E-state index in [0.29, 0.717) is 24.8 Å². The molecule has 0 radical (unpaired) electrons. The fraction of sp³-hybridized carbons (Fsp3) is 0.467. The molecule has 2 rings (SSSR count). The summed E-state index contributed by atoms with van der Waals surface area (Å²) in [4.78, 5) is 13.6. The van der Waals surface area contributed by atoms with Gasteiger partial charge in [-0.25, -0.2) is 8.78 Å². The molecule has 0 amide bonds. The average molecular weight is 328 g/mol. The van der Waals surface area contributed by atoms with Crippen LogP contribution in [-0.2, 0) is 9.53 Å². The Hall–Kier alpha value is -1.76. The Bertz CT molecular complexity index is 568. The SMILES string of the molecule is CCOC(=O)C1CCCN(C(=S)Nc2ccc(F)cc2F)C1. The highest BCUT2D eigenvalue weighted by atomic mass is 32.1. The molecule has 0 aliphatic carbocycles. The second kappa shape index (κ2) is 7.49. The predicted octanol–water partition coefficient (Wildman–Crippen LogP) is 2.94. The fourth-order valence-corrected chi connectivity index (χ4v) is 2.67. The highest BCUT2D eigenvalue weighted by molar-refractivity contribution is 7.80. The van der Waals surface area contributed by atoms with Crippen LogP contribution in [0.3, 0.4) is 0 Å². The number of carbonyl (C=O) groups excluding carboxylic acids is 1. The molecular formula is C15H18F2N2O2S. The number of piperidine rings is 1. The minimum absolute atomic E-state index is 0.115. The summed E-state index contributed by atoms with van der Waals surface area (Å²) in [6.45, 7) is 3.23. The van der Waals surface area contributed by atoms with Gasteiger partial charge in [-0.3, -0.25) is 4.79 Å². The number of nitrogens with one attached hydrogen (secondary N) is 1. The molecule has 1 aliphatic heterocycles. The minimum Gasteiger partial charge on any atom is -0.466 e. The molecule has 1 heterocycles. The molecule has 1 atom stereocenters. The second-order valence-electron chi connectivity index (χ2n) is 5.09. The number of nitrogens with zero attached hydrogens (tertiary/aromatic N) is 1. The van der Waals surface area contributed by atoms with Crippen molar-refractivity contribution >= 4 is 29.0 Å². The van der Waals surface area contributed by atoms with Gasteiger partial charge in [-0.05, 0) is 44.1 Å². The number of benzene rings is 1. The largest absolute Gasteiger partial charge is 0.466 e. The first-order valence-corrected chi connectivity index (χ1v) is 7.59. The van der Waals surface area contributed by atoms with E-state index in [1.54, 1.807) is 6.92 Å². The van der Waals surface area contributed by atoms with Gasteiger partial charge in [-0.1, -0.05) is 0 Å². The van der Waals surface area contributed by atoms with Crippen molar-refractivity contribution in [2.24, 2.45) is 5.92 Å². The molecule has 0 bridgehead atoms. The van der Waals surface area contributed by atoms with Gasteiger partial charge in [0.25, 0.3) is 0 Å². The first-order chi connectivity index (χ1) is 10.5. The topological polar surface area (TPSA) is 41.6 Å². The second-order valence-corrected chi connectivity index (χ2v) is 5.48. The van der Waals surface area contributed by atoms with E-state index in [-0.39, 0.29) is 17.6 Å². The number of anilines is 1. The van der Waals surface area contributed by atoms with Crippen LogP contribution in [0.25, 0.3) is 0 Å². The summed E-state index contributed by atoms with van der Waals surface area (Å²) in [6, 6.07) is 3.25. The van der Waals surface area contributed by atoms with Crippen LogP contribution < -0.4 is 5.32 Å². The lowest BCUT2D eigenvalue weighted by molar-refractivity contribution is -0.149. The highest BCUT2D eigenvalue weighted by Crippen LogP contribution is 2.20. The van der Waals surface area contributed by atoms with Gasteiger partial charge in [-0.2, -0.15) is 0 Å².